The molecule has 0 aliphatic carbocycles. The van der Waals surface area contributed by atoms with Crippen molar-refractivity contribution in [3.63, 3.8) is 0 Å². The molecule has 254 valence electrons. The molecule has 0 amide bonds. The molecule has 0 atom stereocenters. The van der Waals surface area contributed by atoms with E-state index in [1.807, 2.05) is 72.8 Å². The minimum Gasteiger partial charge on any atom is -0.508 e. The Morgan fingerprint density at radius 1 is 0.542 bits per heavy atom. The van der Waals surface area contributed by atoms with Crippen LogP contribution < -0.4 is 4.74 Å². The van der Waals surface area contributed by atoms with Gasteiger partial charge in [0.05, 0.1) is 13.2 Å². The van der Waals surface area contributed by atoms with Crippen molar-refractivity contribution in [2.24, 2.45) is 0 Å². The van der Waals surface area contributed by atoms with Crippen molar-refractivity contribution in [2.75, 3.05) is 13.2 Å². The molecule has 4 rings (SSSR count). The van der Waals surface area contributed by atoms with Crippen LogP contribution in [0.5, 0.6) is 11.5 Å². The number of carbonyl (C=O) groups excluding carboxylic acids is 3. The van der Waals surface area contributed by atoms with Crippen LogP contribution in [0.4, 0.5) is 0 Å². The van der Waals surface area contributed by atoms with Gasteiger partial charge in [0.2, 0.25) is 0 Å². The number of alkyl halides is 1. The van der Waals surface area contributed by atoms with Crippen molar-refractivity contribution in [3.05, 3.63) is 131 Å². The van der Waals surface area contributed by atoms with Gasteiger partial charge in [0, 0.05) is 22.3 Å². The van der Waals surface area contributed by atoms with Gasteiger partial charge in [0.25, 0.3) is 0 Å². The maximum absolute atomic E-state index is 12.4. The van der Waals surface area contributed by atoms with Gasteiger partial charge >= 0.3 is 5.97 Å². The van der Waals surface area contributed by atoms with Crippen LogP contribution in [0.25, 0.3) is 0 Å². The number of aromatic hydroxyl groups is 1. The molecule has 0 aromatic heterocycles. The van der Waals surface area contributed by atoms with Crippen LogP contribution in [0.1, 0.15) is 103 Å². The van der Waals surface area contributed by atoms with Crippen LogP contribution in [0.3, 0.4) is 0 Å². The first-order valence-corrected chi connectivity index (χ1v) is 17.5. The minimum atomic E-state index is -0.592. The number of esters is 1. The zero-order chi connectivity index (χ0) is 34.6. The second-order valence-corrected chi connectivity index (χ2v) is 14.1. The van der Waals surface area contributed by atoms with E-state index in [0.717, 1.165) is 25.0 Å². The first kappa shape index (κ1) is 38.2. The van der Waals surface area contributed by atoms with Gasteiger partial charge in [-0.2, -0.15) is 0 Å². The SMILES string of the molecule is CC(C)(Br)C(=O)OCCCCCCCCCCCOc1ccc(C(=O)c2ccccc2)cc1.O=C(c1ccccc1)c1ccc(O)cc1. The van der Waals surface area contributed by atoms with E-state index in [1.165, 1.54) is 50.7 Å². The highest BCUT2D eigenvalue weighted by molar-refractivity contribution is 9.10. The Hall–Kier alpha value is -4.23. The van der Waals surface area contributed by atoms with Crippen LogP contribution in [-0.4, -0.2) is 40.2 Å². The second kappa shape index (κ2) is 20.9. The third-order valence-corrected chi connectivity index (χ3v) is 7.92. The fourth-order valence-electron chi connectivity index (χ4n) is 4.80. The summed E-state index contributed by atoms with van der Waals surface area (Å²) < 4.78 is 10.5. The van der Waals surface area contributed by atoms with Crippen molar-refractivity contribution in [2.45, 2.75) is 76.0 Å². The average molecular weight is 716 g/mol. The molecule has 0 saturated heterocycles. The molecule has 4 aromatic rings. The molecule has 0 fully saturated rings. The average Bonchev–Trinajstić information content (AvgIpc) is 3.10. The fraction of sp³-hybridized carbons (Fsp3) is 0.341. The van der Waals surface area contributed by atoms with Gasteiger partial charge in [-0.15, -0.1) is 0 Å². The van der Waals surface area contributed by atoms with E-state index in [9.17, 15) is 14.4 Å². The van der Waals surface area contributed by atoms with Crippen molar-refractivity contribution in [3.8, 4) is 11.5 Å². The quantitative estimate of drug-likeness (QED) is 0.0478. The van der Waals surface area contributed by atoms with Crippen LogP contribution in [-0.2, 0) is 9.53 Å². The van der Waals surface area contributed by atoms with Gasteiger partial charge in [-0.3, -0.25) is 14.4 Å². The first-order valence-electron chi connectivity index (χ1n) is 16.7. The van der Waals surface area contributed by atoms with E-state index in [0.29, 0.717) is 35.5 Å². The summed E-state index contributed by atoms with van der Waals surface area (Å²) in [7, 11) is 0. The lowest BCUT2D eigenvalue weighted by molar-refractivity contribution is -0.145. The molecule has 0 bridgehead atoms. The van der Waals surface area contributed by atoms with Gasteiger partial charge in [-0.1, -0.05) is 122 Å². The monoisotopic (exact) mass is 714 g/mol. The largest absolute Gasteiger partial charge is 0.508 e. The number of phenols is 1. The zero-order valence-corrected chi connectivity index (χ0v) is 29.6. The number of hydrogen-bond donors (Lipinski definition) is 1. The molecule has 48 heavy (non-hydrogen) atoms. The van der Waals surface area contributed by atoms with Gasteiger partial charge in [-0.05, 0) is 75.2 Å². The molecule has 0 saturated carbocycles. The Bertz CT molecular complexity index is 1510. The number of rotatable bonds is 18. The molecule has 0 heterocycles. The predicted octanol–water partition coefficient (Wildman–Crippen LogP) is 10.1. The maximum atomic E-state index is 12.4. The Kier molecular flexibility index (Phi) is 16.6. The number of hydrogen-bond acceptors (Lipinski definition) is 6. The highest BCUT2D eigenvalue weighted by atomic mass is 79.9. The van der Waals surface area contributed by atoms with E-state index in [2.05, 4.69) is 15.9 Å². The molecule has 1 N–H and O–H groups in total. The Morgan fingerprint density at radius 3 is 1.35 bits per heavy atom. The Labute approximate surface area is 293 Å². The van der Waals surface area contributed by atoms with E-state index in [1.54, 1.807) is 38.1 Å². The highest BCUT2D eigenvalue weighted by Gasteiger charge is 2.25. The molecule has 6 nitrogen and oxygen atoms in total. The van der Waals surface area contributed by atoms with Gasteiger partial charge in [0.1, 0.15) is 15.8 Å². The predicted molar refractivity (Wildman–Crippen MR) is 195 cm³/mol. The number of unbranched alkanes of at least 4 members (excludes halogenated alkanes) is 8. The van der Waals surface area contributed by atoms with E-state index < -0.39 is 4.32 Å². The van der Waals surface area contributed by atoms with Crippen molar-refractivity contribution in [1.29, 1.82) is 0 Å². The minimum absolute atomic E-state index is 0.0317. The van der Waals surface area contributed by atoms with Crippen molar-refractivity contribution < 1.29 is 29.0 Å². The molecule has 7 heteroatoms. The summed E-state index contributed by atoms with van der Waals surface area (Å²) in [6, 6.07) is 32.0. The lowest BCUT2D eigenvalue weighted by Gasteiger charge is -2.14. The number of halogens is 1. The number of phenolic OH excluding ortho intramolecular Hbond substituents is 1. The van der Waals surface area contributed by atoms with Crippen molar-refractivity contribution in [1.82, 2.24) is 0 Å². The summed E-state index contributed by atoms with van der Waals surface area (Å²) in [4.78, 5) is 35.9. The van der Waals surface area contributed by atoms with Gasteiger partial charge in [-0.25, -0.2) is 0 Å². The Balaban J connectivity index is 0.000000344. The smallest absolute Gasteiger partial charge is 0.322 e. The third-order valence-electron chi connectivity index (χ3n) is 7.59. The molecule has 4 aromatic carbocycles. The summed E-state index contributed by atoms with van der Waals surface area (Å²) in [5, 5.41) is 9.10. The summed E-state index contributed by atoms with van der Waals surface area (Å²) in [5.74, 6) is 0.783. The fourth-order valence-corrected chi connectivity index (χ4v) is 4.91. The highest BCUT2D eigenvalue weighted by Crippen LogP contribution is 2.19. The summed E-state index contributed by atoms with van der Waals surface area (Å²) in [6.07, 6.45) is 10.4. The molecule has 0 aliphatic heterocycles. The van der Waals surface area contributed by atoms with Crippen molar-refractivity contribution >= 4 is 33.5 Å². The zero-order valence-electron chi connectivity index (χ0n) is 28.0. The van der Waals surface area contributed by atoms with Crippen LogP contribution in [0, 0.1) is 0 Å². The van der Waals surface area contributed by atoms with Crippen LogP contribution in [0.15, 0.2) is 109 Å². The molecular formula is C41H47BrO6. The summed E-state index contributed by atoms with van der Waals surface area (Å²) in [5.41, 5.74) is 2.62. The van der Waals surface area contributed by atoms with Gasteiger partial charge in [0.15, 0.2) is 11.6 Å². The molecule has 0 spiro atoms. The van der Waals surface area contributed by atoms with Crippen LogP contribution >= 0.6 is 15.9 Å². The third kappa shape index (κ3) is 14.3. The normalized spacial score (nSPS) is 10.8. The summed E-state index contributed by atoms with van der Waals surface area (Å²) in [6.45, 7) is 4.82. The van der Waals surface area contributed by atoms with Gasteiger partial charge < -0.3 is 14.6 Å². The molecule has 0 aliphatic rings. The maximum Gasteiger partial charge on any atom is 0.322 e. The molecule has 0 unspecified atom stereocenters. The second-order valence-electron chi connectivity index (χ2n) is 12.1. The van der Waals surface area contributed by atoms with E-state index in [-0.39, 0.29) is 23.3 Å². The van der Waals surface area contributed by atoms with E-state index in [4.69, 9.17) is 14.6 Å². The number of ether oxygens (including phenoxy) is 2. The number of carbonyl (C=O) groups is 3. The topological polar surface area (TPSA) is 89.9 Å². The van der Waals surface area contributed by atoms with E-state index >= 15 is 0 Å². The number of ketones is 2. The molecule has 0 radical (unpaired) electrons. The van der Waals surface area contributed by atoms with Crippen LogP contribution in [0.2, 0.25) is 0 Å². The standard InChI is InChI=1S/C28H37BrO4.C13H10O2/c1-28(2,29)27(31)33-22-14-9-7-5-3-4-6-8-13-21-32-25-19-17-24(18-20-25)26(30)23-15-11-10-12-16-23;14-12-8-6-11(7-9-12)13(15)10-4-2-1-3-5-10/h10-12,15-20H,3-9,13-14,21-22H2,1-2H3;1-9,14H. The Morgan fingerprint density at radius 2 is 0.917 bits per heavy atom. The first-order chi connectivity index (χ1) is 23.1. The summed E-state index contributed by atoms with van der Waals surface area (Å²) >= 11 is 3.31. The number of benzene rings is 4. The molecular weight excluding hydrogens is 668 g/mol. The lowest BCUT2D eigenvalue weighted by Crippen LogP contribution is -2.26. The lowest BCUT2D eigenvalue weighted by atomic mass is 10.0.